The van der Waals surface area contributed by atoms with E-state index < -0.39 is 5.91 Å². The Morgan fingerprint density at radius 3 is 2.65 bits per heavy atom. The molecule has 1 aromatic heterocycles. The van der Waals surface area contributed by atoms with Gasteiger partial charge in [-0.1, -0.05) is 18.2 Å². The van der Waals surface area contributed by atoms with Gasteiger partial charge in [0.2, 0.25) is 0 Å². The van der Waals surface area contributed by atoms with Gasteiger partial charge in [0.15, 0.2) is 0 Å². The van der Waals surface area contributed by atoms with Crippen molar-refractivity contribution in [3.63, 3.8) is 0 Å². The van der Waals surface area contributed by atoms with Crippen LogP contribution in [-0.4, -0.2) is 24.0 Å². The van der Waals surface area contributed by atoms with Crippen molar-refractivity contribution in [3.8, 4) is 0 Å². The van der Waals surface area contributed by atoms with Crippen molar-refractivity contribution >= 4 is 29.2 Å². The highest BCUT2D eigenvalue weighted by Crippen LogP contribution is 2.26. The van der Waals surface area contributed by atoms with Crippen molar-refractivity contribution in [2.24, 2.45) is 5.73 Å². The van der Waals surface area contributed by atoms with Crippen molar-refractivity contribution in [1.82, 2.24) is 10.3 Å². The number of fused-ring (bicyclic) bond motifs is 1. The van der Waals surface area contributed by atoms with E-state index >= 15 is 0 Å². The van der Waals surface area contributed by atoms with E-state index in [1.54, 1.807) is 6.07 Å². The average Bonchev–Trinajstić information content (AvgIpc) is 2.47. The molecule has 3 rings (SSSR count). The summed E-state index contributed by atoms with van der Waals surface area (Å²) < 4.78 is 0. The summed E-state index contributed by atoms with van der Waals surface area (Å²) in [5.74, 6) is 0.0622. The topological polar surface area (TPSA) is 68.0 Å². The number of primary amides is 1. The molecule has 3 N–H and O–H groups in total. The van der Waals surface area contributed by atoms with Gasteiger partial charge in [-0.3, -0.25) is 9.78 Å². The van der Waals surface area contributed by atoms with Gasteiger partial charge in [0.1, 0.15) is 0 Å². The Kier molecular flexibility index (Phi) is 4.57. The van der Waals surface area contributed by atoms with Crippen LogP contribution in [0.4, 0.5) is 0 Å². The number of amides is 1. The van der Waals surface area contributed by atoms with E-state index in [-0.39, 0.29) is 12.4 Å². The standard InChI is InChI=1S/C15H17N3O.ClH/c16-15(19)12-3-1-2-11-4-5-13(18-14(11)12)10-6-8-17-9-7-10;/h1-5,10,17H,6-9H2,(H2,16,19);1H. The molecular formula is C15H18ClN3O. The zero-order valence-electron chi connectivity index (χ0n) is 11.1. The van der Waals surface area contributed by atoms with E-state index in [0.29, 0.717) is 11.5 Å². The molecule has 2 aromatic rings. The lowest BCUT2D eigenvalue weighted by molar-refractivity contribution is 0.100. The molecule has 4 nitrogen and oxygen atoms in total. The van der Waals surface area contributed by atoms with Crippen molar-refractivity contribution in [1.29, 1.82) is 0 Å². The van der Waals surface area contributed by atoms with Crippen molar-refractivity contribution < 1.29 is 4.79 Å². The molecule has 1 fully saturated rings. The highest BCUT2D eigenvalue weighted by atomic mass is 35.5. The Morgan fingerprint density at radius 1 is 1.20 bits per heavy atom. The SMILES string of the molecule is Cl.NC(=O)c1cccc2ccc(C3CCNCC3)nc12. The van der Waals surface area contributed by atoms with Gasteiger partial charge in [0.05, 0.1) is 11.1 Å². The predicted octanol–water partition coefficient (Wildman–Crippen LogP) is 2.22. The van der Waals surface area contributed by atoms with Gasteiger partial charge >= 0.3 is 0 Å². The molecule has 1 saturated heterocycles. The molecule has 0 spiro atoms. The number of nitrogens with two attached hydrogens (primary N) is 1. The van der Waals surface area contributed by atoms with Gasteiger partial charge in [-0.25, -0.2) is 0 Å². The van der Waals surface area contributed by atoms with Crippen LogP contribution in [0.25, 0.3) is 10.9 Å². The van der Waals surface area contributed by atoms with E-state index in [0.717, 1.165) is 42.5 Å². The Morgan fingerprint density at radius 2 is 1.95 bits per heavy atom. The number of nitrogens with zero attached hydrogens (tertiary/aromatic N) is 1. The Balaban J connectivity index is 0.00000147. The van der Waals surface area contributed by atoms with Crippen LogP contribution in [0.1, 0.15) is 34.8 Å². The fourth-order valence-corrected chi connectivity index (χ4v) is 2.71. The number of nitrogens with one attached hydrogen (secondary N) is 1. The molecule has 1 aromatic carbocycles. The molecule has 1 amide bonds. The fourth-order valence-electron chi connectivity index (χ4n) is 2.71. The minimum Gasteiger partial charge on any atom is -0.366 e. The summed E-state index contributed by atoms with van der Waals surface area (Å²) in [4.78, 5) is 16.2. The minimum absolute atomic E-state index is 0. The number of para-hydroxylation sites is 1. The summed E-state index contributed by atoms with van der Waals surface area (Å²) in [6.07, 6.45) is 2.19. The molecule has 1 aliphatic heterocycles. The fraction of sp³-hybridized carbons (Fsp3) is 0.333. The number of halogens is 1. The Hall–Kier alpha value is -1.65. The maximum Gasteiger partial charge on any atom is 0.250 e. The average molecular weight is 292 g/mol. The molecule has 106 valence electrons. The smallest absolute Gasteiger partial charge is 0.250 e. The number of rotatable bonds is 2. The zero-order chi connectivity index (χ0) is 13.2. The van der Waals surface area contributed by atoms with Gasteiger partial charge in [0.25, 0.3) is 5.91 Å². The predicted molar refractivity (Wildman–Crippen MR) is 82.4 cm³/mol. The van der Waals surface area contributed by atoms with Gasteiger partial charge in [-0.15, -0.1) is 12.4 Å². The first-order valence-electron chi connectivity index (χ1n) is 6.66. The molecule has 5 heteroatoms. The van der Waals surface area contributed by atoms with E-state index in [9.17, 15) is 4.79 Å². The highest BCUT2D eigenvalue weighted by molar-refractivity contribution is 6.04. The quantitative estimate of drug-likeness (QED) is 0.891. The number of carbonyl (C=O) groups is 1. The van der Waals surface area contributed by atoms with Crippen LogP contribution in [0.5, 0.6) is 0 Å². The van der Waals surface area contributed by atoms with Crippen LogP contribution in [0.3, 0.4) is 0 Å². The summed E-state index contributed by atoms with van der Waals surface area (Å²) >= 11 is 0. The first-order chi connectivity index (χ1) is 9.25. The molecule has 1 aliphatic rings. The summed E-state index contributed by atoms with van der Waals surface area (Å²) in [5.41, 5.74) is 7.73. The lowest BCUT2D eigenvalue weighted by Crippen LogP contribution is -2.27. The van der Waals surface area contributed by atoms with E-state index in [2.05, 4.69) is 11.4 Å². The number of aromatic nitrogens is 1. The van der Waals surface area contributed by atoms with Crippen LogP contribution < -0.4 is 11.1 Å². The van der Waals surface area contributed by atoms with Crippen molar-refractivity contribution in [3.05, 3.63) is 41.6 Å². The zero-order valence-corrected chi connectivity index (χ0v) is 12.0. The number of carbonyl (C=O) groups excluding carboxylic acids is 1. The second kappa shape index (κ2) is 6.20. The number of benzene rings is 1. The van der Waals surface area contributed by atoms with Crippen LogP contribution >= 0.6 is 12.4 Å². The molecule has 0 unspecified atom stereocenters. The van der Waals surface area contributed by atoms with Gasteiger partial charge in [-0.05, 0) is 38.1 Å². The molecule has 0 radical (unpaired) electrons. The normalized spacial score (nSPS) is 15.8. The van der Waals surface area contributed by atoms with Crippen LogP contribution in [0.2, 0.25) is 0 Å². The number of pyridine rings is 1. The van der Waals surface area contributed by atoms with Crippen LogP contribution in [0.15, 0.2) is 30.3 Å². The van der Waals surface area contributed by atoms with E-state index in [1.807, 2.05) is 18.2 Å². The third-order valence-corrected chi connectivity index (χ3v) is 3.76. The molecule has 2 heterocycles. The van der Waals surface area contributed by atoms with Crippen molar-refractivity contribution in [2.45, 2.75) is 18.8 Å². The number of hydrogen-bond acceptors (Lipinski definition) is 3. The summed E-state index contributed by atoms with van der Waals surface area (Å²) in [7, 11) is 0. The van der Waals surface area contributed by atoms with Gasteiger partial charge in [-0.2, -0.15) is 0 Å². The van der Waals surface area contributed by atoms with Crippen molar-refractivity contribution in [2.75, 3.05) is 13.1 Å². The largest absolute Gasteiger partial charge is 0.366 e. The molecule has 0 aliphatic carbocycles. The Bertz CT molecular complexity index is 624. The molecule has 0 saturated carbocycles. The molecule has 20 heavy (non-hydrogen) atoms. The molecule has 0 atom stereocenters. The minimum atomic E-state index is -0.416. The second-order valence-electron chi connectivity index (χ2n) is 5.00. The van der Waals surface area contributed by atoms with Crippen LogP contribution in [-0.2, 0) is 0 Å². The van der Waals surface area contributed by atoms with E-state index in [1.165, 1.54) is 0 Å². The number of piperidine rings is 1. The second-order valence-corrected chi connectivity index (χ2v) is 5.00. The lowest BCUT2D eigenvalue weighted by atomic mass is 9.93. The third-order valence-electron chi connectivity index (χ3n) is 3.76. The molecular weight excluding hydrogens is 274 g/mol. The first kappa shape index (κ1) is 14.8. The maximum absolute atomic E-state index is 11.5. The summed E-state index contributed by atoms with van der Waals surface area (Å²) in [5, 5.41) is 4.32. The lowest BCUT2D eigenvalue weighted by Gasteiger charge is -2.22. The maximum atomic E-state index is 11.5. The number of hydrogen-bond donors (Lipinski definition) is 2. The first-order valence-corrected chi connectivity index (χ1v) is 6.66. The van der Waals surface area contributed by atoms with Crippen LogP contribution in [0, 0.1) is 0 Å². The van der Waals surface area contributed by atoms with E-state index in [4.69, 9.17) is 10.7 Å². The summed E-state index contributed by atoms with van der Waals surface area (Å²) in [6, 6.07) is 9.65. The Labute approximate surface area is 124 Å². The highest BCUT2D eigenvalue weighted by Gasteiger charge is 2.17. The third kappa shape index (κ3) is 2.76. The van der Waals surface area contributed by atoms with Gasteiger partial charge < -0.3 is 11.1 Å². The molecule has 0 bridgehead atoms. The van der Waals surface area contributed by atoms with Gasteiger partial charge in [0, 0.05) is 17.0 Å². The summed E-state index contributed by atoms with van der Waals surface area (Å²) in [6.45, 7) is 2.06. The monoisotopic (exact) mass is 291 g/mol.